The Hall–Kier alpha value is -2.63. The summed E-state index contributed by atoms with van der Waals surface area (Å²) in [4.78, 5) is 27.5. The Kier molecular flexibility index (Phi) is 7.59. The predicted molar refractivity (Wildman–Crippen MR) is 131 cm³/mol. The fourth-order valence-corrected chi connectivity index (χ4v) is 3.44. The van der Waals surface area contributed by atoms with Gasteiger partial charge in [0.1, 0.15) is 12.4 Å². The summed E-state index contributed by atoms with van der Waals surface area (Å²) < 4.78 is 1.80. The molecule has 1 aromatic heterocycles. The molecule has 2 amide bonds. The van der Waals surface area contributed by atoms with Gasteiger partial charge in [-0.15, -0.1) is 0 Å². The van der Waals surface area contributed by atoms with Crippen LogP contribution in [0, 0.1) is 19.3 Å². The molecule has 0 bridgehead atoms. The lowest BCUT2D eigenvalue weighted by atomic mass is 9.91. The lowest BCUT2D eigenvalue weighted by Gasteiger charge is -2.29. The second-order valence-corrected chi connectivity index (χ2v) is 11.2. The molecule has 0 fully saturated rings. The summed E-state index contributed by atoms with van der Waals surface area (Å²) in [5.41, 5.74) is 3.78. The molecule has 176 valence electrons. The van der Waals surface area contributed by atoms with Crippen molar-refractivity contribution in [2.24, 2.45) is 5.41 Å². The third kappa shape index (κ3) is 6.44. The zero-order valence-electron chi connectivity index (χ0n) is 21.5. The molecule has 0 aliphatic heterocycles. The maximum Gasteiger partial charge on any atom is 0.245 e. The van der Waals surface area contributed by atoms with Gasteiger partial charge in [-0.2, -0.15) is 5.10 Å². The van der Waals surface area contributed by atoms with Gasteiger partial charge in [0.25, 0.3) is 0 Å². The number of anilines is 1. The van der Waals surface area contributed by atoms with Crippen LogP contribution in [-0.2, 0) is 15.0 Å². The lowest BCUT2D eigenvalue weighted by molar-refractivity contribution is -0.138. The number of aryl methyl sites for hydroxylation is 1. The summed E-state index contributed by atoms with van der Waals surface area (Å²) in [6.07, 6.45) is 0.396. The Morgan fingerprint density at radius 1 is 1.09 bits per heavy atom. The van der Waals surface area contributed by atoms with Crippen molar-refractivity contribution in [1.82, 2.24) is 14.7 Å². The number of nitrogens with zero attached hydrogens (tertiary/aromatic N) is 3. The van der Waals surface area contributed by atoms with Crippen LogP contribution in [0.1, 0.15) is 78.6 Å². The number of carbonyl (C=O) groups excluding carboxylic acids is 2. The molecule has 0 aliphatic rings. The molecule has 0 aliphatic carbocycles. The van der Waals surface area contributed by atoms with E-state index in [4.69, 9.17) is 5.10 Å². The van der Waals surface area contributed by atoms with Crippen molar-refractivity contribution in [1.29, 1.82) is 0 Å². The Labute approximate surface area is 193 Å². The number of nitrogens with one attached hydrogen (secondary N) is 1. The van der Waals surface area contributed by atoms with Crippen molar-refractivity contribution >= 4 is 17.6 Å². The molecule has 0 radical (unpaired) electrons. The highest BCUT2D eigenvalue weighted by Crippen LogP contribution is 2.28. The van der Waals surface area contributed by atoms with Gasteiger partial charge in [-0.25, -0.2) is 4.68 Å². The molecule has 1 N–H and O–H groups in total. The van der Waals surface area contributed by atoms with E-state index in [0.29, 0.717) is 12.2 Å². The lowest BCUT2D eigenvalue weighted by Crippen LogP contribution is -2.43. The Bertz CT molecular complexity index is 975. The van der Waals surface area contributed by atoms with Crippen molar-refractivity contribution in [3.8, 4) is 5.69 Å². The molecule has 32 heavy (non-hydrogen) atoms. The molecule has 1 heterocycles. The third-order valence-corrected chi connectivity index (χ3v) is 5.49. The second-order valence-electron chi connectivity index (χ2n) is 11.2. The van der Waals surface area contributed by atoms with E-state index >= 15 is 0 Å². The van der Waals surface area contributed by atoms with Gasteiger partial charge in [0.2, 0.25) is 11.8 Å². The number of aromatic nitrogens is 2. The molecular formula is C26H40N4O2. The van der Waals surface area contributed by atoms with E-state index < -0.39 is 0 Å². The number of benzene rings is 1. The van der Waals surface area contributed by atoms with E-state index in [1.165, 1.54) is 0 Å². The zero-order valence-corrected chi connectivity index (χ0v) is 21.5. The largest absolute Gasteiger partial charge is 0.331 e. The number of hydrogen-bond donors (Lipinski definition) is 1. The highest BCUT2D eigenvalue weighted by molar-refractivity contribution is 5.94. The molecule has 2 rings (SSSR count). The monoisotopic (exact) mass is 440 g/mol. The summed E-state index contributed by atoms with van der Waals surface area (Å²) >= 11 is 0. The van der Waals surface area contributed by atoms with Gasteiger partial charge in [0, 0.05) is 23.9 Å². The fraction of sp³-hybridized carbons (Fsp3) is 0.577. The van der Waals surface area contributed by atoms with Crippen LogP contribution in [-0.4, -0.2) is 39.1 Å². The van der Waals surface area contributed by atoms with Gasteiger partial charge in [-0.1, -0.05) is 53.7 Å². The molecule has 0 saturated heterocycles. The zero-order chi connectivity index (χ0) is 24.4. The topological polar surface area (TPSA) is 67.2 Å². The van der Waals surface area contributed by atoms with Crippen LogP contribution < -0.4 is 5.32 Å². The predicted octanol–water partition coefficient (Wildman–Crippen LogP) is 5.40. The fourth-order valence-electron chi connectivity index (χ4n) is 3.44. The maximum absolute atomic E-state index is 13.0. The quantitative estimate of drug-likeness (QED) is 0.654. The van der Waals surface area contributed by atoms with Crippen LogP contribution in [0.3, 0.4) is 0 Å². The molecule has 6 heteroatoms. The SMILES string of the molecule is Cc1cccc(-n2nc(C(C)(C)C)cc2NC(=O)CN(C(=O)CC(C)(C)C)C(C)C)c1C. The average Bonchev–Trinajstić information content (AvgIpc) is 3.04. The Morgan fingerprint density at radius 2 is 1.72 bits per heavy atom. The average molecular weight is 441 g/mol. The molecule has 0 atom stereocenters. The normalized spacial score (nSPS) is 12.2. The third-order valence-electron chi connectivity index (χ3n) is 5.49. The van der Waals surface area contributed by atoms with Crippen LogP contribution >= 0.6 is 0 Å². The van der Waals surface area contributed by atoms with Gasteiger partial charge in [-0.05, 0) is 50.3 Å². The Balaban J connectivity index is 2.36. The summed E-state index contributed by atoms with van der Waals surface area (Å²) in [6, 6.07) is 7.92. The molecule has 1 aromatic carbocycles. The van der Waals surface area contributed by atoms with Crippen molar-refractivity contribution < 1.29 is 9.59 Å². The van der Waals surface area contributed by atoms with Crippen molar-refractivity contribution in [3.05, 3.63) is 41.1 Å². The smallest absolute Gasteiger partial charge is 0.245 e. The molecule has 0 spiro atoms. The van der Waals surface area contributed by atoms with Crippen LogP contribution in [0.25, 0.3) is 5.69 Å². The van der Waals surface area contributed by atoms with E-state index in [1.807, 2.05) is 52.8 Å². The summed E-state index contributed by atoms with van der Waals surface area (Å²) in [5, 5.41) is 7.84. The Morgan fingerprint density at radius 3 is 2.25 bits per heavy atom. The van der Waals surface area contributed by atoms with E-state index in [2.05, 4.69) is 46.0 Å². The van der Waals surface area contributed by atoms with Crippen LogP contribution in [0.15, 0.2) is 24.3 Å². The summed E-state index contributed by atoms with van der Waals surface area (Å²) in [6.45, 7) is 20.4. The van der Waals surface area contributed by atoms with Crippen LogP contribution in [0.4, 0.5) is 5.82 Å². The molecule has 2 aromatic rings. The first-order valence-corrected chi connectivity index (χ1v) is 11.4. The molecular weight excluding hydrogens is 400 g/mol. The summed E-state index contributed by atoms with van der Waals surface area (Å²) in [7, 11) is 0. The van der Waals surface area contributed by atoms with Gasteiger partial charge in [0.15, 0.2) is 0 Å². The highest BCUT2D eigenvalue weighted by atomic mass is 16.2. The minimum absolute atomic E-state index is 0.00934. The summed E-state index contributed by atoms with van der Waals surface area (Å²) in [5.74, 6) is 0.370. The van der Waals surface area contributed by atoms with Crippen molar-refractivity contribution in [3.63, 3.8) is 0 Å². The first-order valence-electron chi connectivity index (χ1n) is 11.4. The first-order chi connectivity index (χ1) is 14.6. The number of carbonyl (C=O) groups is 2. The molecule has 0 saturated carbocycles. The van der Waals surface area contributed by atoms with E-state index in [9.17, 15) is 9.59 Å². The van der Waals surface area contributed by atoms with E-state index in [0.717, 1.165) is 22.5 Å². The standard InChI is InChI=1S/C26H40N4O2/c1-17(2)29(24(32)15-25(5,6)7)16-23(31)27-22-14-21(26(8,9)10)28-30(22)20-13-11-12-18(3)19(20)4/h11-14,17H,15-16H2,1-10H3,(H,27,31). The molecule has 0 unspecified atom stereocenters. The van der Waals surface area contributed by atoms with Crippen molar-refractivity contribution in [2.75, 3.05) is 11.9 Å². The minimum atomic E-state index is -0.229. The van der Waals surface area contributed by atoms with Gasteiger partial charge in [0.05, 0.1) is 11.4 Å². The van der Waals surface area contributed by atoms with Crippen LogP contribution in [0.2, 0.25) is 0 Å². The van der Waals surface area contributed by atoms with Gasteiger partial charge < -0.3 is 10.2 Å². The second kappa shape index (κ2) is 9.47. The first kappa shape index (κ1) is 25.6. The van der Waals surface area contributed by atoms with Gasteiger partial charge in [-0.3, -0.25) is 9.59 Å². The number of rotatable bonds is 6. The molecule has 6 nitrogen and oxygen atoms in total. The minimum Gasteiger partial charge on any atom is -0.331 e. The number of amides is 2. The van der Waals surface area contributed by atoms with Gasteiger partial charge >= 0.3 is 0 Å². The van der Waals surface area contributed by atoms with Crippen LogP contribution in [0.5, 0.6) is 0 Å². The van der Waals surface area contributed by atoms with E-state index in [-0.39, 0.29) is 35.2 Å². The maximum atomic E-state index is 13.0. The van der Waals surface area contributed by atoms with Crippen molar-refractivity contribution in [2.45, 2.75) is 87.1 Å². The number of hydrogen-bond acceptors (Lipinski definition) is 3. The van der Waals surface area contributed by atoms with E-state index in [1.54, 1.807) is 9.58 Å². The highest BCUT2D eigenvalue weighted by Gasteiger charge is 2.26.